The number of halogens is 6. The molecule has 2 saturated heterocycles. The monoisotopic (exact) mass is 591 g/mol. The van der Waals surface area contributed by atoms with Gasteiger partial charge in [-0.05, 0) is 31.2 Å². The molecule has 0 spiro atoms. The molecule has 0 bridgehead atoms. The van der Waals surface area contributed by atoms with Crippen LogP contribution in [-0.2, 0) is 20.6 Å². The molecule has 0 radical (unpaired) electrons. The second-order valence-corrected chi connectivity index (χ2v) is 9.87. The smallest absolute Gasteiger partial charge is 0.381 e. The second-order valence-electron chi connectivity index (χ2n) is 8.62. The lowest BCUT2D eigenvalue weighted by Gasteiger charge is -2.29. The molecule has 1 aromatic carbocycles. The molecule has 0 saturated carbocycles. The number of aromatic nitrogens is 1. The van der Waals surface area contributed by atoms with Crippen LogP contribution in [-0.4, -0.2) is 52.4 Å². The van der Waals surface area contributed by atoms with Gasteiger partial charge in [0.1, 0.15) is 11.6 Å². The van der Waals surface area contributed by atoms with E-state index in [-0.39, 0.29) is 22.2 Å². The number of carbonyl (C=O) groups excluding carboxylic acids is 3. The van der Waals surface area contributed by atoms with Crippen molar-refractivity contribution in [3.63, 3.8) is 0 Å². The number of urea groups is 1. The first-order valence-corrected chi connectivity index (χ1v) is 11.8. The number of alkyl halides is 3. The molecule has 4 heterocycles. The maximum atomic E-state index is 13.4. The number of oxime groups is 1. The number of carbonyl (C=O) groups is 3. The Balaban J connectivity index is 1.41. The van der Waals surface area contributed by atoms with Gasteiger partial charge in [0.25, 0.3) is 11.8 Å². The minimum absolute atomic E-state index is 0.0239. The highest BCUT2D eigenvalue weighted by Gasteiger charge is 2.62. The number of hydrogen-bond donors (Lipinski definition) is 2. The summed E-state index contributed by atoms with van der Waals surface area (Å²) in [7, 11) is 1.23. The van der Waals surface area contributed by atoms with Gasteiger partial charge in [-0.2, -0.15) is 23.6 Å². The molecule has 3 aliphatic heterocycles. The van der Waals surface area contributed by atoms with Crippen LogP contribution in [0.3, 0.4) is 0 Å². The number of amides is 4. The summed E-state index contributed by atoms with van der Waals surface area (Å²) in [6, 6.07) is 4.44. The molecule has 2 fully saturated rings. The van der Waals surface area contributed by atoms with E-state index in [0.717, 1.165) is 10.0 Å². The van der Waals surface area contributed by atoms with Crippen LogP contribution >= 0.6 is 34.8 Å². The minimum atomic E-state index is -4.69. The topological polar surface area (TPSA) is 119 Å². The molecular weight excluding hydrogens is 578 g/mol. The number of anilines is 2. The lowest BCUT2D eigenvalue weighted by molar-refractivity contribution is -0.143. The Bertz CT molecular complexity index is 1420. The van der Waals surface area contributed by atoms with Gasteiger partial charge in [0, 0.05) is 18.3 Å². The van der Waals surface area contributed by atoms with E-state index < -0.39 is 52.3 Å². The van der Waals surface area contributed by atoms with Gasteiger partial charge >= 0.3 is 12.2 Å². The molecule has 0 unspecified atom stereocenters. The maximum Gasteiger partial charge on any atom is 0.417 e. The molecule has 2 aromatic rings. The first kappa shape index (κ1) is 26.3. The Morgan fingerprint density at radius 3 is 2.45 bits per heavy atom. The van der Waals surface area contributed by atoms with Gasteiger partial charge in [0.2, 0.25) is 6.10 Å². The molecule has 3 aliphatic rings. The van der Waals surface area contributed by atoms with Crippen molar-refractivity contribution in [2.45, 2.75) is 24.9 Å². The molecular formula is C21H15Cl3F3N7O4. The van der Waals surface area contributed by atoms with Crippen molar-refractivity contribution < 1.29 is 32.4 Å². The third-order valence-corrected chi connectivity index (χ3v) is 6.92. The molecule has 38 heavy (non-hydrogen) atoms. The molecule has 17 heteroatoms. The maximum absolute atomic E-state index is 13.4. The molecule has 1 aromatic heterocycles. The number of nitrogens with zero attached hydrogens (tertiary/aromatic N) is 5. The number of fused-ring (bicyclic) bond motifs is 1. The van der Waals surface area contributed by atoms with Crippen LogP contribution in [0.2, 0.25) is 15.1 Å². The SMILES string of the molecule is CN(c1ncc(C(F)(F)F)cc1Cl)N1C(=O)[C@H]2C([C@]3(C)NC(=O)N(c4ccc(Cl)cc4Cl)N3)=NO[C@H]2C1=O. The zero-order valence-electron chi connectivity index (χ0n) is 19.2. The van der Waals surface area contributed by atoms with Gasteiger partial charge in [0.05, 0.1) is 21.3 Å². The summed E-state index contributed by atoms with van der Waals surface area (Å²) in [5.74, 6) is -3.24. The van der Waals surface area contributed by atoms with Crippen LogP contribution in [0.4, 0.5) is 29.5 Å². The summed E-state index contributed by atoms with van der Waals surface area (Å²) < 4.78 is 39.0. The third kappa shape index (κ3) is 4.08. The Hall–Kier alpha value is -3.33. The average molecular weight is 593 g/mol. The average Bonchev–Trinajstić information content (AvgIpc) is 3.46. The molecule has 3 atom stereocenters. The van der Waals surface area contributed by atoms with E-state index in [1.54, 1.807) is 0 Å². The van der Waals surface area contributed by atoms with E-state index in [1.807, 2.05) is 0 Å². The number of pyridine rings is 1. The van der Waals surface area contributed by atoms with Gasteiger partial charge in [-0.3, -0.25) is 14.6 Å². The van der Waals surface area contributed by atoms with Crippen molar-refractivity contribution in [2.75, 3.05) is 17.1 Å². The summed E-state index contributed by atoms with van der Waals surface area (Å²) in [6.45, 7) is 1.50. The van der Waals surface area contributed by atoms with Crippen LogP contribution in [0.1, 0.15) is 12.5 Å². The largest absolute Gasteiger partial charge is 0.417 e. The van der Waals surface area contributed by atoms with Crippen LogP contribution in [0.15, 0.2) is 35.6 Å². The summed E-state index contributed by atoms with van der Waals surface area (Å²) in [5.41, 5.74) is 0.526. The predicted molar refractivity (Wildman–Crippen MR) is 129 cm³/mol. The first-order valence-electron chi connectivity index (χ1n) is 10.7. The standard InChI is InChI=1S/C21H15Cl3F3N7O4/c1-20(29-19(37)33(31-20)12-4-3-9(22)6-10(12)23)15-13-14(38-30-15)18(36)34(17(13)35)32(2)16-11(24)5-8(7-28-16)21(25,26)27/h3-7,13-14,31H,1-2H3,(H,29,37)/t13-,14-,20-/m1/s1. The van der Waals surface area contributed by atoms with Crippen LogP contribution < -0.4 is 20.8 Å². The summed E-state index contributed by atoms with van der Waals surface area (Å²) in [4.78, 5) is 48.3. The van der Waals surface area contributed by atoms with Crippen molar-refractivity contribution in [1.29, 1.82) is 0 Å². The fourth-order valence-electron chi connectivity index (χ4n) is 4.31. The highest BCUT2D eigenvalue weighted by atomic mass is 35.5. The number of hydrogen-bond acceptors (Lipinski definition) is 8. The number of imide groups is 1. The van der Waals surface area contributed by atoms with E-state index in [1.165, 1.54) is 32.2 Å². The zero-order valence-corrected chi connectivity index (χ0v) is 21.4. The predicted octanol–water partition coefficient (Wildman–Crippen LogP) is 3.60. The van der Waals surface area contributed by atoms with Crippen molar-refractivity contribution >= 4 is 69.9 Å². The van der Waals surface area contributed by atoms with Crippen molar-refractivity contribution in [2.24, 2.45) is 11.1 Å². The Kier molecular flexibility index (Phi) is 6.13. The van der Waals surface area contributed by atoms with Crippen molar-refractivity contribution in [1.82, 2.24) is 20.7 Å². The normalized spacial score (nSPS) is 24.9. The minimum Gasteiger partial charge on any atom is -0.381 e. The van der Waals surface area contributed by atoms with Gasteiger partial charge in [-0.15, -0.1) is 0 Å². The summed E-state index contributed by atoms with van der Waals surface area (Å²) in [5, 5.41) is 9.29. The van der Waals surface area contributed by atoms with E-state index in [0.29, 0.717) is 22.3 Å². The van der Waals surface area contributed by atoms with E-state index >= 15 is 0 Å². The van der Waals surface area contributed by atoms with E-state index in [2.05, 4.69) is 20.9 Å². The van der Waals surface area contributed by atoms with Gasteiger partial charge in [0.15, 0.2) is 11.5 Å². The fourth-order valence-corrected chi connectivity index (χ4v) is 5.09. The Labute approximate surface area is 227 Å². The number of benzene rings is 1. The molecule has 5 rings (SSSR count). The molecule has 11 nitrogen and oxygen atoms in total. The van der Waals surface area contributed by atoms with Crippen LogP contribution in [0, 0.1) is 5.92 Å². The fraction of sp³-hybridized carbons (Fsp3) is 0.286. The number of hydrazine groups is 2. The van der Waals surface area contributed by atoms with Gasteiger partial charge in [-0.1, -0.05) is 40.0 Å². The molecule has 4 amide bonds. The first-order chi connectivity index (χ1) is 17.7. The summed E-state index contributed by atoms with van der Waals surface area (Å²) in [6.07, 6.45) is -5.55. The van der Waals surface area contributed by atoms with E-state index in [4.69, 9.17) is 39.6 Å². The molecule has 2 N–H and O–H groups in total. The molecule has 0 aliphatic carbocycles. The van der Waals surface area contributed by atoms with Crippen molar-refractivity contribution in [3.8, 4) is 0 Å². The summed E-state index contributed by atoms with van der Waals surface area (Å²) >= 11 is 18.2. The zero-order chi connectivity index (χ0) is 27.7. The van der Waals surface area contributed by atoms with Crippen LogP contribution in [0.5, 0.6) is 0 Å². The third-order valence-electron chi connectivity index (χ3n) is 6.10. The lowest BCUT2D eigenvalue weighted by Crippen LogP contribution is -2.58. The van der Waals surface area contributed by atoms with Gasteiger partial charge in [-0.25, -0.2) is 14.8 Å². The highest BCUT2D eigenvalue weighted by Crippen LogP contribution is 2.39. The lowest BCUT2D eigenvalue weighted by atomic mass is 9.91. The molecule has 200 valence electrons. The Morgan fingerprint density at radius 1 is 1.11 bits per heavy atom. The van der Waals surface area contributed by atoms with Crippen molar-refractivity contribution in [3.05, 3.63) is 51.1 Å². The highest BCUT2D eigenvalue weighted by molar-refractivity contribution is 6.37. The van der Waals surface area contributed by atoms with Gasteiger partial charge < -0.3 is 10.2 Å². The number of rotatable bonds is 4. The van der Waals surface area contributed by atoms with Crippen LogP contribution in [0.25, 0.3) is 0 Å². The second kappa shape index (κ2) is 8.86. The van der Waals surface area contributed by atoms with E-state index in [9.17, 15) is 27.6 Å². The Morgan fingerprint density at radius 2 is 1.82 bits per heavy atom. The quantitative estimate of drug-likeness (QED) is 0.521. The number of nitrogens with one attached hydrogen (secondary N) is 2.